The molecule has 1 N–H and O–H groups in total. The maximum absolute atomic E-state index is 13.5. The number of nitriles is 1. The van der Waals surface area contributed by atoms with Crippen LogP contribution in [0.4, 0.5) is 18.9 Å². The summed E-state index contributed by atoms with van der Waals surface area (Å²) < 4.78 is 42.7. The van der Waals surface area contributed by atoms with Gasteiger partial charge in [-0.25, -0.2) is 0 Å². The summed E-state index contributed by atoms with van der Waals surface area (Å²) in [6.45, 7) is 6.06. The molecule has 1 amide bonds. The summed E-state index contributed by atoms with van der Waals surface area (Å²) in [7, 11) is 2.04. The molecule has 188 valence electrons. The number of piperidine rings is 1. The fourth-order valence-corrected chi connectivity index (χ4v) is 5.59. The molecule has 35 heavy (non-hydrogen) atoms. The molecule has 0 spiro atoms. The van der Waals surface area contributed by atoms with Crippen molar-refractivity contribution < 1.29 is 18.0 Å². The van der Waals surface area contributed by atoms with Crippen molar-refractivity contribution in [2.45, 2.75) is 32.5 Å². The number of hydrogen-bond acceptors (Lipinski definition) is 4. The van der Waals surface area contributed by atoms with Crippen molar-refractivity contribution in [3.05, 3.63) is 53.3 Å². The van der Waals surface area contributed by atoms with Gasteiger partial charge in [-0.3, -0.25) is 9.69 Å². The molecular formula is C26H32F3N5O. The molecule has 2 aliphatic heterocycles. The van der Waals surface area contributed by atoms with Gasteiger partial charge in [0.15, 0.2) is 0 Å². The Bertz CT molecular complexity index is 1080. The summed E-state index contributed by atoms with van der Waals surface area (Å²) in [4.78, 5) is 17.3. The van der Waals surface area contributed by atoms with Crippen LogP contribution >= 0.6 is 0 Å². The molecular weight excluding hydrogens is 455 g/mol. The monoisotopic (exact) mass is 487 g/mol. The second-order valence-electron chi connectivity index (χ2n) is 9.63. The normalized spacial score (nSPS) is 21.8. The van der Waals surface area contributed by atoms with Gasteiger partial charge in [0, 0.05) is 50.8 Å². The number of nitrogens with one attached hydrogen (secondary N) is 1. The number of aryl methyl sites for hydroxylation is 1. The first-order valence-electron chi connectivity index (χ1n) is 12.2. The molecule has 1 aromatic heterocycles. The average Bonchev–Trinajstić information content (AvgIpc) is 3.45. The lowest BCUT2D eigenvalue weighted by atomic mass is 9.78. The Labute approximate surface area is 204 Å². The Morgan fingerprint density at radius 1 is 1.20 bits per heavy atom. The molecule has 3 heterocycles. The first-order chi connectivity index (χ1) is 16.7. The van der Waals surface area contributed by atoms with E-state index in [1.54, 1.807) is 12.1 Å². The maximum Gasteiger partial charge on any atom is 0.417 e. The van der Waals surface area contributed by atoms with E-state index < -0.39 is 11.7 Å². The molecule has 6 nitrogen and oxygen atoms in total. The lowest BCUT2D eigenvalue weighted by Gasteiger charge is -2.36. The highest BCUT2D eigenvalue weighted by atomic mass is 19.4. The Morgan fingerprint density at radius 2 is 1.94 bits per heavy atom. The van der Waals surface area contributed by atoms with E-state index in [-0.39, 0.29) is 23.3 Å². The summed E-state index contributed by atoms with van der Waals surface area (Å²) in [6, 6.07) is 9.65. The first kappa shape index (κ1) is 25.1. The first-order valence-corrected chi connectivity index (χ1v) is 12.2. The van der Waals surface area contributed by atoms with Crippen LogP contribution in [0.25, 0.3) is 0 Å². The summed E-state index contributed by atoms with van der Waals surface area (Å²) in [5.74, 6) is 0.0988. The Kier molecular flexibility index (Phi) is 7.41. The molecule has 2 aromatic rings. The molecule has 2 saturated heterocycles. The van der Waals surface area contributed by atoms with Crippen LogP contribution in [0, 0.1) is 29.1 Å². The molecule has 9 heteroatoms. The zero-order valence-electron chi connectivity index (χ0n) is 20.2. The molecule has 0 bridgehead atoms. The van der Waals surface area contributed by atoms with Gasteiger partial charge in [0.1, 0.15) is 0 Å². The molecule has 0 unspecified atom stereocenters. The van der Waals surface area contributed by atoms with E-state index in [9.17, 15) is 18.0 Å². The van der Waals surface area contributed by atoms with E-state index in [1.807, 2.05) is 31.1 Å². The molecule has 2 fully saturated rings. The van der Waals surface area contributed by atoms with Crippen LogP contribution in [0.1, 0.15) is 36.6 Å². The van der Waals surface area contributed by atoms with Crippen molar-refractivity contribution in [3.63, 3.8) is 0 Å². The zero-order chi connectivity index (χ0) is 25.2. The second-order valence-corrected chi connectivity index (χ2v) is 9.63. The smallest absolute Gasteiger partial charge is 0.370 e. The van der Waals surface area contributed by atoms with Gasteiger partial charge in [-0.05, 0) is 75.0 Å². The lowest BCUT2D eigenvalue weighted by molar-refractivity contribution is -0.137. The van der Waals surface area contributed by atoms with E-state index in [4.69, 9.17) is 5.26 Å². The minimum absolute atomic E-state index is 0.0315. The van der Waals surface area contributed by atoms with Gasteiger partial charge in [0.2, 0.25) is 5.91 Å². The minimum Gasteiger partial charge on any atom is -0.370 e. The SMILES string of the molecule is CCNC(=O)[C@@H]1CN(c2ccc(C#N)c(C(F)(F)F)c2)C[C@H]1C1CCN(Cc2cccn2C)CC1. The van der Waals surface area contributed by atoms with Crippen molar-refractivity contribution in [2.24, 2.45) is 24.8 Å². The molecule has 0 saturated carbocycles. The van der Waals surface area contributed by atoms with E-state index in [2.05, 4.69) is 20.9 Å². The van der Waals surface area contributed by atoms with Gasteiger partial charge in [-0.15, -0.1) is 0 Å². The third kappa shape index (κ3) is 5.48. The summed E-state index contributed by atoms with van der Waals surface area (Å²) in [5.41, 5.74) is 0.360. The van der Waals surface area contributed by atoms with Crippen LogP contribution in [0.3, 0.4) is 0 Å². The number of carbonyl (C=O) groups excluding carboxylic acids is 1. The average molecular weight is 488 g/mol. The zero-order valence-corrected chi connectivity index (χ0v) is 20.2. The number of rotatable bonds is 6. The highest BCUT2D eigenvalue weighted by molar-refractivity contribution is 5.80. The van der Waals surface area contributed by atoms with Crippen molar-refractivity contribution in [2.75, 3.05) is 37.6 Å². The van der Waals surface area contributed by atoms with Gasteiger partial charge in [-0.1, -0.05) is 0 Å². The van der Waals surface area contributed by atoms with Gasteiger partial charge in [-0.2, -0.15) is 18.4 Å². The van der Waals surface area contributed by atoms with E-state index in [1.165, 1.54) is 11.8 Å². The molecule has 1 aromatic carbocycles. The number of nitrogens with zero attached hydrogens (tertiary/aromatic N) is 4. The summed E-state index contributed by atoms with van der Waals surface area (Å²) in [6.07, 6.45) is -0.649. The lowest BCUT2D eigenvalue weighted by Crippen LogP contribution is -2.41. The van der Waals surface area contributed by atoms with Gasteiger partial charge < -0.3 is 14.8 Å². The molecule has 2 aliphatic rings. The van der Waals surface area contributed by atoms with Gasteiger partial charge in [0.25, 0.3) is 0 Å². The largest absolute Gasteiger partial charge is 0.417 e. The van der Waals surface area contributed by atoms with E-state index >= 15 is 0 Å². The number of carbonyl (C=O) groups is 1. The number of alkyl halides is 3. The van der Waals surface area contributed by atoms with Crippen LogP contribution < -0.4 is 10.2 Å². The number of benzene rings is 1. The Hall–Kier alpha value is -2.99. The van der Waals surface area contributed by atoms with Crippen LogP contribution in [-0.2, 0) is 24.6 Å². The van der Waals surface area contributed by atoms with Crippen LogP contribution in [0.2, 0.25) is 0 Å². The van der Waals surface area contributed by atoms with Gasteiger partial charge in [0.05, 0.1) is 23.1 Å². The van der Waals surface area contributed by atoms with Gasteiger partial charge >= 0.3 is 6.18 Å². The molecule has 4 rings (SSSR count). The van der Waals surface area contributed by atoms with Crippen molar-refractivity contribution in [1.29, 1.82) is 5.26 Å². The van der Waals surface area contributed by atoms with Crippen LogP contribution in [-0.4, -0.2) is 48.1 Å². The standard InChI is InChI=1S/C26H32F3N5O/c1-3-31-25(35)23-17-34(20-7-6-19(14-30)24(13-20)26(27,28)29)16-22(23)18-8-11-33(12-9-18)15-21-5-4-10-32(21)2/h4-7,10,13,18,22-23H,3,8-9,11-12,15-17H2,1-2H3,(H,31,35)/t22-,23+/m0/s1. The van der Waals surface area contributed by atoms with Crippen LogP contribution in [0.15, 0.2) is 36.5 Å². The number of likely N-dealkylation sites (tertiary alicyclic amines) is 1. The predicted octanol–water partition coefficient (Wildman–Crippen LogP) is 4.02. The third-order valence-corrected chi connectivity index (χ3v) is 7.52. The Morgan fingerprint density at radius 3 is 2.54 bits per heavy atom. The third-order valence-electron chi connectivity index (χ3n) is 7.52. The minimum atomic E-state index is -4.61. The topological polar surface area (TPSA) is 64.3 Å². The molecule has 0 radical (unpaired) electrons. The second kappa shape index (κ2) is 10.3. The van der Waals surface area contributed by atoms with E-state index in [0.717, 1.165) is 38.5 Å². The number of halogens is 3. The maximum atomic E-state index is 13.5. The Balaban J connectivity index is 1.50. The number of anilines is 1. The number of amides is 1. The highest BCUT2D eigenvalue weighted by Gasteiger charge is 2.43. The number of aromatic nitrogens is 1. The van der Waals surface area contributed by atoms with Crippen molar-refractivity contribution in [3.8, 4) is 6.07 Å². The van der Waals surface area contributed by atoms with Crippen molar-refractivity contribution >= 4 is 11.6 Å². The predicted molar refractivity (Wildman–Crippen MR) is 127 cm³/mol. The van der Waals surface area contributed by atoms with E-state index in [0.29, 0.717) is 31.2 Å². The summed E-state index contributed by atoms with van der Waals surface area (Å²) >= 11 is 0. The number of hydrogen-bond donors (Lipinski definition) is 1. The molecule has 0 aliphatic carbocycles. The summed E-state index contributed by atoms with van der Waals surface area (Å²) in [5, 5.41) is 12.0. The molecule has 2 atom stereocenters. The fourth-order valence-electron chi connectivity index (χ4n) is 5.59. The fraction of sp³-hybridized carbons (Fsp3) is 0.538. The highest BCUT2D eigenvalue weighted by Crippen LogP contribution is 2.40. The quantitative estimate of drug-likeness (QED) is 0.669. The van der Waals surface area contributed by atoms with Crippen molar-refractivity contribution in [1.82, 2.24) is 14.8 Å². The van der Waals surface area contributed by atoms with Crippen LogP contribution in [0.5, 0.6) is 0 Å².